The Balaban J connectivity index is 2.11. The number of para-hydroxylation sites is 1. The summed E-state index contributed by atoms with van der Waals surface area (Å²) in [5.74, 6) is 7.29. The number of fused-ring (bicyclic) bond motifs is 3. The summed E-state index contributed by atoms with van der Waals surface area (Å²) in [5, 5.41) is 3.69. The van der Waals surface area contributed by atoms with E-state index in [9.17, 15) is 0 Å². The molecule has 27 heavy (non-hydrogen) atoms. The van der Waals surface area contributed by atoms with E-state index in [2.05, 4.69) is 74.4 Å². The van der Waals surface area contributed by atoms with E-state index >= 15 is 0 Å². The number of aryl methyl sites for hydroxylation is 3. The molecule has 2 heterocycles. The van der Waals surface area contributed by atoms with E-state index in [1.807, 2.05) is 12.4 Å². The van der Waals surface area contributed by atoms with Gasteiger partial charge in [0, 0.05) is 0 Å². The maximum atomic E-state index is 4.95. The Morgan fingerprint density at radius 3 is 2.15 bits per heavy atom. The molecule has 2 nitrogen and oxygen atoms in total. The molecule has 0 aliphatic rings. The van der Waals surface area contributed by atoms with Gasteiger partial charge in [-0.2, -0.15) is 0 Å². The summed E-state index contributed by atoms with van der Waals surface area (Å²) >= 11 is -2.01. The Kier molecular flexibility index (Phi) is 4.34. The fourth-order valence-electron chi connectivity index (χ4n) is 4.07. The van der Waals surface area contributed by atoms with Crippen molar-refractivity contribution < 1.29 is 0 Å². The van der Waals surface area contributed by atoms with Gasteiger partial charge in [0.1, 0.15) is 0 Å². The van der Waals surface area contributed by atoms with Crippen LogP contribution in [-0.4, -0.2) is 23.2 Å². The quantitative estimate of drug-likeness (QED) is 0.300. The van der Waals surface area contributed by atoms with Gasteiger partial charge in [-0.25, -0.2) is 0 Å². The molecule has 0 spiro atoms. The first kappa shape index (κ1) is 18.2. The summed E-state index contributed by atoms with van der Waals surface area (Å²) in [6.45, 7) is 6.44. The molecule has 0 bridgehead atoms. The molecule has 0 N–H and O–H groups in total. The minimum atomic E-state index is -2.01. The van der Waals surface area contributed by atoms with Gasteiger partial charge in [0.05, 0.1) is 0 Å². The van der Waals surface area contributed by atoms with E-state index in [0.29, 0.717) is 0 Å². The first-order chi connectivity index (χ1) is 12.8. The zero-order valence-corrected chi connectivity index (χ0v) is 19.1. The molecule has 0 fully saturated rings. The average Bonchev–Trinajstić information content (AvgIpc) is 2.59. The van der Waals surface area contributed by atoms with Gasteiger partial charge in [0.2, 0.25) is 0 Å². The third-order valence-corrected chi connectivity index (χ3v) is 9.47. The van der Waals surface area contributed by atoms with Crippen LogP contribution in [0.4, 0.5) is 0 Å². The van der Waals surface area contributed by atoms with Crippen molar-refractivity contribution >= 4 is 39.3 Å². The standard InChI is InChI=1S/C24H26GeN2/c1-15-10-16(2)12-18(11-15)23-20-14-27-24-19(22(20)17(3)13-26-23)8-7-9-21(24)25(4,5)6/h7-14H,1-6H3. The van der Waals surface area contributed by atoms with Gasteiger partial charge in [-0.3, -0.25) is 0 Å². The SMILES string of the molecule is Cc1cc(C)cc(-c2ncc(C)c3c2cnc2[c]([Ge]([CH3])([CH3])[CH3])cccc23)c1. The molecule has 3 heteroatoms. The fourth-order valence-corrected chi connectivity index (χ4v) is 7.23. The fraction of sp³-hybridized carbons (Fsp3) is 0.250. The van der Waals surface area contributed by atoms with Crippen LogP contribution in [0.25, 0.3) is 32.9 Å². The number of nitrogens with zero attached hydrogens (tertiary/aromatic N) is 2. The molecule has 4 rings (SSSR count). The van der Waals surface area contributed by atoms with E-state index in [4.69, 9.17) is 9.97 Å². The summed E-state index contributed by atoms with van der Waals surface area (Å²) in [6.07, 6.45) is 4.06. The van der Waals surface area contributed by atoms with E-state index < -0.39 is 13.3 Å². The van der Waals surface area contributed by atoms with E-state index in [1.54, 1.807) is 0 Å². The van der Waals surface area contributed by atoms with Crippen LogP contribution in [0.5, 0.6) is 0 Å². The van der Waals surface area contributed by atoms with Gasteiger partial charge in [-0.1, -0.05) is 0 Å². The van der Waals surface area contributed by atoms with Crippen molar-refractivity contribution in [1.29, 1.82) is 0 Å². The predicted molar refractivity (Wildman–Crippen MR) is 120 cm³/mol. The van der Waals surface area contributed by atoms with Crippen LogP contribution in [0.2, 0.25) is 17.3 Å². The summed E-state index contributed by atoms with van der Waals surface area (Å²) in [7, 11) is 0. The average molecular weight is 415 g/mol. The van der Waals surface area contributed by atoms with E-state index in [-0.39, 0.29) is 0 Å². The number of benzene rings is 2. The van der Waals surface area contributed by atoms with Gasteiger partial charge in [0.15, 0.2) is 0 Å². The van der Waals surface area contributed by atoms with E-state index in [1.165, 1.54) is 42.9 Å². The number of hydrogen-bond acceptors (Lipinski definition) is 2. The summed E-state index contributed by atoms with van der Waals surface area (Å²) < 4.78 is 1.47. The summed E-state index contributed by atoms with van der Waals surface area (Å²) in [6, 6.07) is 13.3. The molecule has 2 aromatic carbocycles. The van der Waals surface area contributed by atoms with Crippen molar-refractivity contribution in [2.45, 2.75) is 38.0 Å². The molecule has 0 saturated heterocycles. The second-order valence-electron chi connectivity index (χ2n) is 8.66. The zero-order chi connectivity index (χ0) is 19.3. The molecule has 0 unspecified atom stereocenters. The Labute approximate surface area is 164 Å². The first-order valence-electron chi connectivity index (χ1n) is 9.52. The van der Waals surface area contributed by atoms with Crippen LogP contribution in [0.15, 0.2) is 48.8 Å². The van der Waals surface area contributed by atoms with Crippen LogP contribution >= 0.6 is 0 Å². The maximum absolute atomic E-state index is 4.95. The Hall–Kier alpha value is -2.20. The Morgan fingerprint density at radius 1 is 0.778 bits per heavy atom. The summed E-state index contributed by atoms with van der Waals surface area (Å²) in [4.78, 5) is 9.76. The Bertz CT molecular complexity index is 1170. The monoisotopic (exact) mass is 416 g/mol. The molecule has 0 amide bonds. The van der Waals surface area contributed by atoms with E-state index in [0.717, 1.165) is 11.1 Å². The second-order valence-corrected chi connectivity index (χ2v) is 19.2. The van der Waals surface area contributed by atoms with Crippen molar-refractivity contribution in [3.8, 4) is 11.3 Å². The van der Waals surface area contributed by atoms with Crippen LogP contribution in [0.1, 0.15) is 16.7 Å². The van der Waals surface area contributed by atoms with Crippen LogP contribution in [0, 0.1) is 20.8 Å². The van der Waals surface area contributed by atoms with Crippen molar-refractivity contribution in [1.82, 2.24) is 9.97 Å². The van der Waals surface area contributed by atoms with Gasteiger partial charge < -0.3 is 0 Å². The molecule has 4 aromatic rings. The number of rotatable bonds is 2. The van der Waals surface area contributed by atoms with Crippen molar-refractivity contribution in [3.63, 3.8) is 0 Å². The first-order valence-corrected chi connectivity index (χ1v) is 16.9. The molecular formula is C24H26GeN2. The molecule has 2 aromatic heterocycles. The van der Waals surface area contributed by atoms with Crippen LogP contribution < -0.4 is 4.40 Å². The molecule has 0 radical (unpaired) electrons. The second kappa shape index (κ2) is 6.45. The number of hydrogen-bond donors (Lipinski definition) is 0. The normalized spacial score (nSPS) is 12.1. The topological polar surface area (TPSA) is 25.8 Å². The molecule has 0 aliphatic heterocycles. The van der Waals surface area contributed by atoms with Gasteiger partial charge in [-0.15, -0.1) is 0 Å². The van der Waals surface area contributed by atoms with Crippen molar-refractivity contribution in [3.05, 3.63) is 65.5 Å². The van der Waals surface area contributed by atoms with Crippen molar-refractivity contribution in [2.75, 3.05) is 0 Å². The zero-order valence-electron chi connectivity index (χ0n) is 17.0. The minimum absolute atomic E-state index is 1.03. The molecule has 136 valence electrons. The predicted octanol–water partition coefficient (Wildman–Crippen LogP) is 5.92. The third kappa shape index (κ3) is 3.16. The number of pyridine rings is 2. The number of aromatic nitrogens is 2. The molecule has 0 saturated carbocycles. The Morgan fingerprint density at radius 2 is 1.48 bits per heavy atom. The molecule has 0 atom stereocenters. The summed E-state index contributed by atoms with van der Waals surface area (Å²) in [5.41, 5.74) is 7.11. The van der Waals surface area contributed by atoms with Crippen LogP contribution in [-0.2, 0) is 0 Å². The molecule has 0 aliphatic carbocycles. The van der Waals surface area contributed by atoms with Crippen LogP contribution in [0.3, 0.4) is 0 Å². The van der Waals surface area contributed by atoms with Crippen molar-refractivity contribution in [2.24, 2.45) is 0 Å². The van der Waals surface area contributed by atoms with Gasteiger partial charge in [0.25, 0.3) is 0 Å². The van der Waals surface area contributed by atoms with Gasteiger partial charge in [-0.05, 0) is 0 Å². The third-order valence-electron chi connectivity index (χ3n) is 5.24. The van der Waals surface area contributed by atoms with Gasteiger partial charge >= 0.3 is 164 Å². The molecular weight excluding hydrogens is 389 g/mol.